The van der Waals surface area contributed by atoms with Gasteiger partial charge < -0.3 is 0 Å². The Morgan fingerprint density at radius 3 is 3.12 bits per heavy atom. The first-order valence-corrected chi connectivity index (χ1v) is 6.57. The van der Waals surface area contributed by atoms with E-state index in [1.54, 1.807) is 18.0 Å². The number of rotatable bonds is 5. The van der Waals surface area contributed by atoms with E-state index in [4.69, 9.17) is 5.84 Å². The summed E-state index contributed by atoms with van der Waals surface area (Å²) in [6.07, 6.45) is 2.97. The summed E-state index contributed by atoms with van der Waals surface area (Å²) in [6, 6.07) is 3.83. The lowest BCUT2D eigenvalue weighted by Crippen LogP contribution is -2.30. The molecule has 3 N–H and O–H groups in total. The summed E-state index contributed by atoms with van der Waals surface area (Å²) >= 11 is 5.08. The molecule has 1 amide bonds. The molecule has 0 bridgehead atoms. The molecular formula is C10H14BrN3OS. The number of nitrogens with two attached hydrogens (primary N) is 1. The number of hydrazine groups is 1. The van der Waals surface area contributed by atoms with Gasteiger partial charge in [0.15, 0.2) is 0 Å². The molecular weight excluding hydrogens is 290 g/mol. The van der Waals surface area contributed by atoms with Crippen LogP contribution < -0.4 is 11.3 Å². The van der Waals surface area contributed by atoms with Crippen LogP contribution in [-0.2, 0) is 4.79 Å². The Morgan fingerprint density at radius 2 is 2.50 bits per heavy atom. The fraction of sp³-hybridized carbons (Fsp3) is 0.400. The Kier molecular flexibility index (Phi) is 5.79. The molecule has 0 aliphatic carbocycles. The lowest BCUT2D eigenvalue weighted by Gasteiger charge is -2.10. The number of nitrogens with one attached hydrogen (secondary N) is 1. The standard InChI is InChI=1S/C10H14BrN3OS/c1-7(4-5-9(15)14-12)16-10-8(11)3-2-6-13-10/h2-3,6-7H,4-5,12H2,1H3,(H,14,15). The zero-order valence-corrected chi connectivity index (χ0v) is 11.3. The maximum Gasteiger partial charge on any atom is 0.233 e. The number of thioether (sulfide) groups is 1. The lowest BCUT2D eigenvalue weighted by molar-refractivity contribution is -0.121. The van der Waals surface area contributed by atoms with Crippen LogP contribution in [0.25, 0.3) is 0 Å². The van der Waals surface area contributed by atoms with E-state index in [1.807, 2.05) is 12.1 Å². The highest BCUT2D eigenvalue weighted by molar-refractivity contribution is 9.10. The Bertz CT molecular complexity index is 362. The predicted octanol–water partition coefficient (Wildman–Crippen LogP) is 2.09. The van der Waals surface area contributed by atoms with Crippen LogP contribution in [0.1, 0.15) is 19.8 Å². The van der Waals surface area contributed by atoms with Gasteiger partial charge in [0, 0.05) is 22.3 Å². The van der Waals surface area contributed by atoms with E-state index in [0.717, 1.165) is 15.9 Å². The summed E-state index contributed by atoms with van der Waals surface area (Å²) < 4.78 is 0.982. The molecule has 0 spiro atoms. The number of halogens is 1. The molecule has 0 aliphatic heterocycles. The number of aromatic nitrogens is 1. The van der Waals surface area contributed by atoms with Crippen LogP contribution in [0.4, 0.5) is 0 Å². The second-order valence-corrected chi connectivity index (χ2v) is 5.61. The third-order valence-electron chi connectivity index (χ3n) is 1.98. The zero-order chi connectivity index (χ0) is 12.0. The van der Waals surface area contributed by atoms with Gasteiger partial charge in [-0.2, -0.15) is 0 Å². The highest BCUT2D eigenvalue weighted by Gasteiger charge is 2.10. The molecule has 1 unspecified atom stereocenters. The molecule has 0 aromatic carbocycles. The van der Waals surface area contributed by atoms with Crippen molar-refractivity contribution >= 4 is 33.6 Å². The molecule has 4 nitrogen and oxygen atoms in total. The largest absolute Gasteiger partial charge is 0.294 e. The van der Waals surface area contributed by atoms with Gasteiger partial charge in [0.05, 0.1) is 0 Å². The first kappa shape index (κ1) is 13.5. The molecule has 0 saturated heterocycles. The van der Waals surface area contributed by atoms with Crippen molar-refractivity contribution in [1.82, 2.24) is 10.4 Å². The second kappa shape index (κ2) is 6.88. The predicted molar refractivity (Wildman–Crippen MR) is 68.8 cm³/mol. The molecule has 1 rings (SSSR count). The number of pyridine rings is 1. The van der Waals surface area contributed by atoms with Crippen molar-refractivity contribution in [2.75, 3.05) is 0 Å². The number of amides is 1. The first-order chi connectivity index (χ1) is 7.63. The molecule has 1 atom stereocenters. The number of hydrogen-bond donors (Lipinski definition) is 2. The number of carbonyl (C=O) groups excluding carboxylic acids is 1. The second-order valence-electron chi connectivity index (χ2n) is 3.33. The van der Waals surface area contributed by atoms with E-state index < -0.39 is 0 Å². The van der Waals surface area contributed by atoms with Crippen LogP contribution in [0.15, 0.2) is 27.8 Å². The van der Waals surface area contributed by atoms with Crippen molar-refractivity contribution in [2.45, 2.75) is 30.0 Å². The maximum absolute atomic E-state index is 11.0. The Balaban J connectivity index is 2.43. The molecule has 16 heavy (non-hydrogen) atoms. The summed E-state index contributed by atoms with van der Waals surface area (Å²) in [7, 11) is 0. The molecule has 0 saturated carbocycles. The molecule has 0 fully saturated rings. The van der Waals surface area contributed by atoms with Gasteiger partial charge in [-0.3, -0.25) is 10.2 Å². The number of carbonyl (C=O) groups is 1. The normalized spacial score (nSPS) is 12.2. The summed E-state index contributed by atoms with van der Waals surface area (Å²) in [5.74, 6) is 4.88. The molecule has 0 radical (unpaired) electrons. The van der Waals surface area contributed by atoms with E-state index in [-0.39, 0.29) is 5.91 Å². The molecule has 6 heteroatoms. The summed E-state index contributed by atoms with van der Waals surface area (Å²) in [4.78, 5) is 15.2. The minimum absolute atomic E-state index is 0.132. The molecule has 1 heterocycles. The van der Waals surface area contributed by atoms with Crippen LogP contribution in [0.5, 0.6) is 0 Å². The van der Waals surface area contributed by atoms with Gasteiger partial charge in [-0.1, -0.05) is 6.92 Å². The van der Waals surface area contributed by atoms with Crippen LogP contribution in [0.3, 0.4) is 0 Å². The van der Waals surface area contributed by atoms with E-state index in [0.29, 0.717) is 11.7 Å². The van der Waals surface area contributed by atoms with Crippen LogP contribution in [0, 0.1) is 0 Å². The minimum atomic E-state index is -0.132. The SMILES string of the molecule is CC(CCC(=O)NN)Sc1ncccc1Br. The van der Waals surface area contributed by atoms with E-state index >= 15 is 0 Å². The van der Waals surface area contributed by atoms with E-state index in [2.05, 4.69) is 33.3 Å². The summed E-state index contributed by atoms with van der Waals surface area (Å²) in [6.45, 7) is 2.07. The van der Waals surface area contributed by atoms with Crippen molar-refractivity contribution in [3.63, 3.8) is 0 Å². The van der Waals surface area contributed by atoms with Gasteiger partial charge in [-0.15, -0.1) is 11.8 Å². The van der Waals surface area contributed by atoms with Gasteiger partial charge >= 0.3 is 0 Å². The van der Waals surface area contributed by atoms with Crippen LogP contribution in [0.2, 0.25) is 0 Å². The van der Waals surface area contributed by atoms with E-state index in [1.165, 1.54) is 0 Å². The Morgan fingerprint density at radius 1 is 1.75 bits per heavy atom. The van der Waals surface area contributed by atoms with Gasteiger partial charge in [-0.25, -0.2) is 10.8 Å². The molecule has 88 valence electrons. The third-order valence-corrected chi connectivity index (χ3v) is 4.07. The fourth-order valence-corrected chi connectivity index (χ4v) is 2.57. The number of hydrogen-bond acceptors (Lipinski definition) is 4. The first-order valence-electron chi connectivity index (χ1n) is 4.90. The van der Waals surface area contributed by atoms with Crippen molar-refractivity contribution in [3.05, 3.63) is 22.8 Å². The topological polar surface area (TPSA) is 68.0 Å². The van der Waals surface area contributed by atoms with E-state index in [9.17, 15) is 4.79 Å². The van der Waals surface area contributed by atoms with Crippen molar-refractivity contribution in [3.8, 4) is 0 Å². The average Bonchev–Trinajstić information content (AvgIpc) is 2.29. The third kappa shape index (κ3) is 4.51. The number of nitrogens with zero attached hydrogens (tertiary/aromatic N) is 1. The minimum Gasteiger partial charge on any atom is -0.294 e. The van der Waals surface area contributed by atoms with Gasteiger partial charge in [-0.05, 0) is 34.5 Å². The summed E-state index contributed by atoms with van der Waals surface area (Å²) in [5.41, 5.74) is 2.12. The molecule has 1 aromatic heterocycles. The van der Waals surface area contributed by atoms with Crippen molar-refractivity contribution in [2.24, 2.45) is 5.84 Å². The van der Waals surface area contributed by atoms with Crippen LogP contribution in [-0.4, -0.2) is 16.1 Å². The van der Waals surface area contributed by atoms with Crippen LogP contribution >= 0.6 is 27.7 Å². The molecule has 1 aromatic rings. The molecule has 0 aliphatic rings. The lowest BCUT2D eigenvalue weighted by atomic mass is 10.2. The monoisotopic (exact) mass is 303 g/mol. The van der Waals surface area contributed by atoms with Crippen molar-refractivity contribution < 1.29 is 4.79 Å². The highest BCUT2D eigenvalue weighted by Crippen LogP contribution is 2.29. The smallest absolute Gasteiger partial charge is 0.233 e. The quantitative estimate of drug-likeness (QED) is 0.378. The zero-order valence-electron chi connectivity index (χ0n) is 8.94. The fourth-order valence-electron chi connectivity index (χ4n) is 1.11. The van der Waals surface area contributed by atoms with Gasteiger partial charge in [0.25, 0.3) is 0 Å². The van der Waals surface area contributed by atoms with Gasteiger partial charge in [0.2, 0.25) is 5.91 Å². The van der Waals surface area contributed by atoms with Gasteiger partial charge in [0.1, 0.15) is 5.03 Å². The average molecular weight is 304 g/mol. The summed E-state index contributed by atoms with van der Waals surface area (Å²) in [5, 5.41) is 1.27. The highest BCUT2D eigenvalue weighted by atomic mass is 79.9. The Hall–Kier alpha value is -0.590. The maximum atomic E-state index is 11.0. The Labute approximate surface area is 107 Å². The van der Waals surface area contributed by atoms with Crippen molar-refractivity contribution in [1.29, 1.82) is 0 Å².